The van der Waals surface area contributed by atoms with Crippen LogP contribution in [0, 0.1) is 12.7 Å². The Hall–Kier alpha value is -1.86. The minimum atomic E-state index is -3.89. The van der Waals surface area contributed by atoms with Gasteiger partial charge in [0.25, 0.3) is 10.0 Å². The molecule has 0 radical (unpaired) electrons. The van der Waals surface area contributed by atoms with Gasteiger partial charge in [-0.05, 0) is 37.6 Å². The summed E-state index contributed by atoms with van der Waals surface area (Å²) in [5, 5.41) is 9.20. The van der Waals surface area contributed by atoms with E-state index in [1.165, 1.54) is 24.4 Å². The minimum absolute atomic E-state index is 0.00613. The molecule has 0 saturated carbocycles. The average Bonchev–Trinajstić information content (AvgIpc) is 2.86. The van der Waals surface area contributed by atoms with Gasteiger partial charge in [0.05, 0.1) is 12.3 Å². The Labute approximate surface area is 123 Å². The number of nitrogens with one attached hydrogen (secondary N) is 1. The van der Waals surface area contributed by atoms with Crippen molar-refractivity contribution < 1.29 is 17.9 Å². The van der Waals surface area contributed by atoms with E-state index in [1.807, 2.05) is 6.92 Å². The summed E-state index contributed by atoms with van der Waals surface area (Å²) in [6.07, 6.45) is 1.42. The number of aryl methyl sites for hydroxylation is 2. The number of aromatic nitrogens is 1. The molecule has 1 heterocycles. The third-order valence-corrected chi connectivity index (χ3v) is 4.48. The lowest BCUT2D eigenvalue weighted by molar-refractivity contribution is 0.271. The Bertz CT molecular complexity index is 732. The summed E-state index contributed by atoms with van der Waals surface area (Å²) in [4.78, 5) is -0.00613. The van der Waals surface area contributed by atoms with Crippen LogP contribution in [0.1, 0.15) is 18.2 Å². The van der Waals surface area contributed by atoms with Gasteiger partial charge in [0, 0.05) is 18.4 Å². The first-order valence-electron chi connectivity index (χ1n) is 6.46. The first-order chi connectivity index (χ1) is 9.87. The number of benzene rings is 1. The summed E-state index contributed by atoms with van der Waals surface area (Å²) in [5.41, 5.74) is 1.09. The van der Waals surface area contributed by atoms with E-state index in [4.69, 9.17) is 0 Å². The van der Waals surface area contributed by atoms with E-state index >= 15 is 0 Å². The zero-order valence-corrected chi connectivity index (χ0v) is 12.6. The standard InChI is InChI=1S/C14H17FN2O3S/c1-3-17-8-12(7-11(17)9-18)21(19,20)16-14-5-4-10(2)6-13(14)15/h4-8,16,18H,3,9H2,1-2H3. The highest BCUT2D eigenvalue weighted by atomic mass is 32.2. The van der Waals surface area contributed by atoms with Gasteiger partial charge in [-0.15, -0.1) is 0 Å². The highest BCUT2D eigenvalue weighted by Gasteiger charge is 2.19. The van der Waals surface area contributed by atoms with E-state index in [2.05, 4.69) is 4.72 Å². The molecule has 0 spiro atoms. The van der Waals surface area contributed by atoms with E-state index in [0.717, 1.165) is 0 Å². The molecule has 0 amide bonds. The summed E-state index contributed by atoms with van der Waals surface area (Å²) in [6, 6.07) is 5.63. The van der Waals surface area contributed by atoms with Gasteiger partial charge >= 0.3 is 0 Å². The lowest BCUT2D eigenvalue weighted by Crippen LogP contribution is -2.13. The maximum Gasteiger partial charge on any atom is 0.263 e. The number of halogens is 1. The predicted octanol–water partition coefficient (Wildman–Crippen LogP) is 2.25. The summed E-state index contributed by atoms with van der Waals surface area (Å²) >= 11 is 0. The van der Waals surface area contributed by atoms with E-state index in [9.17, 15) is 17.9 Å². The van der Waals surface area contributed by atoms with Crippen molar-refractivity contribution >= 4 is 15.7 Å². The average molecular weight is 312 g/mol. The van der Waals surface area contributed by atoms with Crippen LogP contribution in [0.15, 0.2) is 35.4 Å². The first-order valence-corrected chi connectivity index (χ1v) is 7.94. The van der Waals surface area contributed by atoms with Crippen molar-refractivity contribution in [2.24, 2.45) is 0 Å². The number of aliphatic hydroxyl groups excluding tert-OH is 1. The Balaban J connectivity index is 2.36. The van der Waals surface area contributed by atoms with Gasteiger partial charge in [-0.25, -0.2) is 12.8 Å². The van der Waals surface area contributed by atoms with Crippen LogP contribution >= 0.6 is 0 Å². The molecule has 0 bridgehead atoms. The van der Waals surface area contributed by atoms with Crippen molar-refractivity contribution in [2.75, 3.05) is 4.72 Å². The zero-order chi connectivity index (χ0) is 15.6. The fourth-order valence-electron chi connectivity index (χ4n) is 2.01. The third-order valence-electron chi connectivity index (χ3n) is 3.14. The van der Waals surface area contributed by atoms with E-state index in [-0.39, 0.29) is 17.2 Å². The second-order valence-electron chi connectivity index (χ2n) is 4.70. The van der Waals surface area contributed by atoms with E-state index in [0.29, 0.717) is 17.8 Å². The molecule has 5 nitrogen and oxygen atoms in total. The molecule has 0 aliphatic carbocycles. The molecule has 0 atom stereocenters. The number of anilines is 1. The Morgan fingerprint density at radius 1 is 1.33 bits per heavy atom. The summed E-state index contributed by atoms with van der Waals surface area (Å²) in [7, 11) is -3.89. The molecule has 2 rings (SSSR count). The van der Waals surface area contributed by atoms with Gasteiger partial charge in [-0.1, -0.05) is 6.07 Å². The fraction of sp³-hybridized carbons (Fsp3) is 0.286. The normalized spacial score (nSPS) is 11.6. The van der Waals surface area contributed by atoms with Crippen molar-refractivity contribution in [3.63, 3.8) is 0 Å². The molecule has 0 aliphatic heterocycles. The smallest absolute Gasteiger partial charge is 0.263 e. The summed E-state index contributed by atoms with van der Waals surface area (Å²) in [6.45, 7) is 3.82. The number of rotatable bonds is 5. The maximum atomic E-state index is 13.7. The SMILES string of the molecule is CCn1cc(S(=O)(=O)Nc2ccc(C)cc2F)cc1CO. The van der Waals surface area contributed by atoms with Crippen LogP contribution in [0.25, 0.3) is 0 Å². The highest BCUT2D eigenvalue weighted by Crippen LogP contribution is 2.21. The Morgan fingerprint density at radius 2 is 2.05 bits per heavy atom. The van der Waals surface area contributed by atoms with Gasteiger partial charge < -0.3 is 9.67 Å². The van der Waals surface area contributed by atoms with Crippen LogP contribution in [0.5, 0.6) is 0 Å². The molecule has 0 unspecified atom stereocenters. The first kappa shape index (κ1) is 15.5. The van der Waals surface area contributed by atoms with Crippen molar-refractivity contribution in [2.45, 2.75) is 31.9 Å². The van der Waals surface area contributed by atoms with Crippen molar-refractivity contribution in [3.8, 4) is 0 Å². The molecule has 0 fully saturated rings. The molecule has 0 saturated heterocycles. The van der Waals surface area contributed by atoms with Crippen molar-refractivity contribution in [1.82, 2.24) is 4.57 Å². The van der Waals surface area contributed by atoms with Crippen LogP contribution in [-0.2, 0) is 23.2 Å². The third kappa shape index (κ3) is 3.25. The lowest BCUT2D eigenvalue weighted by Gasteiger charge is -2.08. The summed E-state index contributed by atoms with van der Waals surface area (Å²) < 4.78 is 42.1. The maximum absolute atomic E-state index is 13.7. The molecular weight excluding hydrogens is 295 g/mol. The van der Waals surface area contributed by atoms with Gasteiger partial charge in [0.2, 0.25) is 0 Å². The second kappa shape index (κ2) is 5.87. The quantitative estimate of drug-likeness (QED) is 0.889. The van der Waals surface area contributed by atoms with Crippen molar-refractivity contribution in [1.29, 1.82) is 0 Å². The van der Waals surface area contributed by atoms with Crippen LogP contribution in [0.3, 0.4) is 0 Å². The van der Waals surface area contributed by atoms with E-state index < -0.39 is 15.8 Å². The predicted molar refractivity (Wildman–Crippen MR) is 78.0 cm³/mol. The van der Waals surface area contributed by atoms with Gasteiger partial charge in [-0.2, -0.15) is 0 Å². The van der Waals surface area contributed by atoms with Crippen LogP contribution in [0.4, 0.5) is 10.1 Å². The monoisotopic (exact) mass is 312 g/mol. The minimum Gasteiger partial charge on any atom is -0.390 e. The highest BCUT2D eigenvalue weighted by molar-refractivity contribution is 7.92. The molecular formula is C14H17FN2O3S. The number of aliphatic hydroxyl groups is 1. The largest absolute Gasteiger partial charge is 0.390 e. The lowest BCUT2D eigenvalue weighted by atomic mass is 10.2. The Kier molecular flexibility index (Phi) is 4.34. The number of hydrogen-bond acceptors (Lipinski definition) is 3. The molecule has 114 valence electrons. The van der Waals surface area contributed by atoms with Crippen molar-refractivity contribution in [3.05, 3.63) is 47.5 Å². The zero-order valence-electron chi connectivity index (χ0n) is 11.8. The molecule has 0 aliphatic rings. The van der Waals surface area contributed by atoms with Gasteiger partial charge in [0.1, 0.15) is 10.7 Å². The van der Waals surface area contributed by atoms with E-state index in [1.54, 1.807) is 17.6 Å². The van der Waals surface area contributed by atoms with Crippen LogP contribution < -0.4 is 4.72 Å². The Morgan fingerprint density at radius 3 is 2.57 bits per heavy atom. The van der Waals surface area contributed by atoms with Crippen LogP contribution in [-0.4, -0.2) is 18.1 Å². The van der Waals surface area contributed by atoms with Gasteiger partial charge in [0.15, 0.2) is 0 Å². The molecule has 1 aromatic carbocycles. The van der Waals surface area contributed by atoms with Crippen LogP contribution in [0.2, 0.25) is 0 Å². The second-order valence-corrected chi connectivity index (χ2v) is 6.38. The molecule has 7 heteroatoms. The molecule has 2 N–H and O–H groups in total. The fourth-order valence-corrected chi connectivity index (χ4v) is 3.14. The number of hydrogen-bond donors (Lipinski definition) is 2. The summed E-state index contributed by atoms with van der Waals surface area (Å²) in [5.74, 6) is -0.629. The number of sulfonamides is 1. The molecule has 2 aromatic rings. The molecule has 21 heavy (non-hydrogen) atoms. The van der Waals surface area contributed by atoms with Gasteiger partial charge in [-0.3, -0.25) is 4.72 Å². The number of nitrogens with zero attached hydrogens (tertiary/aromatic N) is 1. The molecule has 1 aromatic heterocycles. The topological polar surface area (TPSA) is 71.3 Å².